The maximum absolute atomic E-state index is 6.19. The number of fused-ring (bicyclic) bond motifs is 1. The van der Waals surface area contributed by atoms with Gasteiger partial charge in [0.25, 0.3) is 0 Å². The number of ether oxygens (including phenoxy) is 1. The molecule has 0 radical (unpaired) electrons. The molecule has 3 rings (SSSR count). The summed E-state index contributed by atoms with van der Waals surface area (Å²) in [6, 6.07) is 11.3. The van der Waals surface area contributed by atoms with Crippen molar-refractivity contribution >= 4 is 39.9 Å². The van der Waals surface area contributed by atoms with Crippen molar-refractivity contribution in [1.82, 2.24) is 9.97 Å². The van der Waals surface area contributed by atoms with Crippen LogP contribution >= 0.6 is 23.2 Å². The van der Waals surface area contributed by atoms with E-state index in [4.69, 9.17) is 27.9 Å². The summed E-state index contributed by atoms with van der Waals surface area (Å²) < 4.78 is 5.84. The molecule has 0 aliphatic carbocycles. The molecule has 21 heavy (non-hydrogen) atoms. The molecule has 0 bridgehead atoms. The first-order valence-electron chi connectivity index (χ1n) is 6.24. The van der Waals surface area contributed by atoms with E-state index in [0.29, 0.717) is 27.6 Å². The average Bonchev–Trinajstić information content (AvgIpc) is 2.52. The first-order chi connectivity index (χ1) is 10.2. The average molecular weight is 320 g/mol. The van der Waals surface area contributed by atoms with Crippen LogP contribution in [0.4, 0.5) is 5.95 Å². The number of rotatable bonds is 3. The molecular weight excluding hydrogens is 309 g/mol. The van der Waals surface area contributed by atoms with Crippen LogP contribution < -0.4 is 10.1 Å². The molecule has 0 fully saturated rings. The zero-order valence-corrected chi connectivity index (χ0v) is 12.6. The summed E-state index contributed by atoms with van der Waals surface area (Å²) in [6.07, 6.45) is 1.49. The topological polar surface area (TPSA) is 47.0 Å². The third kappa shape index (κ3) is 2.73. The van der Waals surface area contributed by atoms with Gasteiger partial charge >= 0.3 is 0 Å². The third-order valence-corrected chi connectivity index (χ3v) is 3.56. The van der Waals surface area contributed by atoms with Gasteiger partial charge in [0.05, 0.1) is 6.20 Å². The van der Waals surface area contributed by atoms with Crippen LogP contribution in [0, 0.1) is 0 Å². The summed E-state index contributed by atoms with van der Waals surface area (Å²) in [6.45, 7) is 0. The highest BCUT2D eigenvalue weighted by Crippen LogP contribution is 2.35. The largest absolute Gasteiger partial charge is 0.437 e. The lowest BCUT2D eigenvalue weighted by Gasteiger charge is -2.11. The van der Waals surface area contributed by atoms with E-state index in [9.17, 15) is 0 Å². The first-order valence-corrected chi connectivity index (χ1v) is 7.00. The molecule has 0 saturated heterocycles. The number of nitrogens with zero attached hydrogens (tertiary/aromatic N) is 2. The molecule has 0 atom stereocenters. The van der Waals surface area contributed by atoms with Crippen LogP contribution in [0.25, 0.3) is 10.8 Å². The zero-order chi connectivity index (χ0) is 14.8. The zero-order valence-electron chi connectivity index (χ0n) is 11.1. The Hall–Kier alpha value is -2.04. The normalized spacial score (nSPS) is 10.6. The summed E-state index contributed by atoms with van der Waals surface area (Å²) in [7, 11) is 1.73. The molecule has 6 heteroatoms. The quantitative estimate of drug-likeness (QED) is 0.755. The lowest BCUT2D eigenvalue weighted by Crippen LogP contribution is -1.98. The van der Waals surface area contributed by atoms with E-state index in [1.54, 1.807) is 19.2 Å². The molecule has 0 spiro atoms. The van der Waals surface area contributed by atoms with Gasteiger partial charge in [-0.2, -0.15) is 4.98 Å². The van der Waals surface area contributed by atoms with Crippen molar-refractivity contribution in [3.63, 3.8) is 0 Å². The first kappa shape index (κ1) is 13.9. The van der Waals surface area contributed by atoms with Gasteiger partial charge in [-0.3, -0.25) is 0 Å². The van der Waals surface area contributed by atoms with Crippen LogP contribution in [0.15, 0.2) is 42.6 Å². The minimum absolute atomic E-state index is 0.295. The molecular formula is C15H11Cl2N3O. The van der Waals surface area contributed by atoms with Crippen molar-refractivity contribution in [2.75, 3.05) is 12.4 Å². The van der Waals surface area contributed by atoms with Crippen molar-refractivity contribution in [3.05, 3.63) is 52.6 Å². The molecule has 1 aromatic heterocycles. The Morgan fingerprint density at radius 3 is 2.52 bits per heavy atom. The Bertz CT molecular complexity index is 808. The number of benzene rings is 2. The number of hydrogen-bond donors (Lipinski definition) is 1. The number of nitrogens with one attached hydrogen (secondary N) is 1. The van der Waals surface area contributed by atoms with Crippen LogP contribution in [-0.2, 0) is 0 Å². The fraction of sp³-hybridized carbons (Fsp3) is 0.0667. The molecule has 106 valence electrons. The van der Waals surface area contributed by atoms with Gasteiger partial charge in [0.2, 0.25) is 11.8 Å². The van der Waals surface area contributed by atoms with Gasteiger partial charge in [-0.25, -0.2) is 4.98 Å². The fourth-order valence-corrected chi connectivity index (χ4v) is 2.33. The van der Waals surface area contributed by atoms with E-state index in [-0.39, 0.29) is 0 Å². The summed E-state index contributed by atoms with van der Waals surface area (Å²) in [4.78, 5) is 8.23. The van der Waals surface area contributed by atoms with Gasteiger partial charge in [0.1, 0.15) is 10.8 Å². The second-order valence-corrected chi connectivity index (χ2v) is 5.10. The van der Waals surface area contributed by atoms with Crippen molar-refractivity contribution in [2.45, 2.75) is 0 Å². The number of hydrogen-bond acceptors (Lipinski definition) is 4. The molecule has 1 heterocycles. The maximum atomic E-state index is 6.19. The highest BCUT2D eigenvalue weighted by molar-refractivity contribution is 6.35. The highest BCUT2D eigenvalue weighted by Gasteiger charge is 2.11. The van der Waals surface area contributed by atoms with Gasteiger partial charge in [-0.05, 0) is 12.1 Å². The summed E-state index contributed by atoms with van der Waals surface area (Å²) in [5.41, 5.74) is 0. The number of halogens is 2. The Labute approximate surface area is 131 Å². The van der Waals surface area contributed by atoms with Gasteiger partial charge in [-0.15, -0.1) is 0 Å². The van der Waals surface area contributed by atoms with E-state index in [1.165, 1.54) is 6.20 Å². The predicted octanol–water partition coefficient (Wildman–Crippen LogP) is 4.77. The molecule has 0 aliphatic rings. The highest BCUT2D eigenvalue weighted by atomic mass is 35.5. The second kappa shape index (κ2) is 5.76. The SMILES string of the molecule is CNc1ncc(Cl)c(Oc2ccc(Cl)c3ccccc23)n1. The fourth-order valence-electron chi connectivity index (χ4n) is 1.97. The lowest BCUT2D eigenvalue weighted by molar-refractivity contribution is 0.468. The minimum Gasteiger partial charge on any atom is -0.437 e. The van der Waals surface area contributed by atoms with Crippen molar-refractivity contribution in [1.29, 1.82) is 0 Å². The van der Waals surface area contributed by atoms with Crippen LogP contribution in [0.3, 0.4) is 0 Å². The van der Waals surface area contributed by atoms with Crippen molar-refractivity contribution in [3.8, 4) is 11.6 Å². The van der Waals surface area contributed by atoms with Crippen molar-refractivity contribution in [2.24, 2.45) is 0 Å². The predicted molar refractivity (Wildman–Crippen MR) is 85.6 cm³/mol. The third-order valence-electron chi connectivity index (χ3n) is 2.97. The standard InChI is InChI=1S/C15H11Cl2N3O/c1-18-15-19-8-12(17)14(20-15)21-13-7-6-11(16)9-4-2-3-5-10(9)13/h2-8H,1H3,(H,18,19,20). The minimum atomic E-state index is 0.295. The Balaban J connectivity index is 2.08. The van der Waals surface area contributed by atoms with Gasteiger partial charge < -0.3 is 10.1 Å². The van der Waals surface area contributed by atoms with E-state index in [2.05, 4.69) is 15.3 Å². The second-order valence-electron chi connectivity index (χ2n) is 4.29. The van der Waals surface area contributed by atoms with Gasteiger partial charge in [0.15, 0.2) is 0 Å². The van der Waals surface area contributed by atoms with Gasteiger partial charge in [-0.1, -0.05) is 47.5 Å². The summed E-state index contributed by atoms with van der Waals surface area (Å²) in [5.74, 6) is 1.37. The molecule has 3 aromatic rings. The van der Waals surface area contributed by atoms with E-state index < -0.39 is 0 Å². The smallest absolute Gasteiger partial charge is 0.243 e. The number of anilines is 1. The molecule has 0 unspecified atom stereocenters. The molecule has 0 saturated carbocycles. The molecule has 2 aromatic carbocycles. The van der Waals surface area contributed by atoms with E-state index in [1.807, 2.05) is 24.3 Å². The van der Waals surface area contributed by atoms with Crippen LogP contribution in [-0.4, -0.2) is 17.0 Å². The Kier molecular flexibility index (Phi) is 3.82. The van der Waals surface area contributed by atoms with Crippen LogP contribution in [0.5, 0.6) is 11.6 Å². The van der Waals surface area contributed by atoms with Crippen molar-refractivity contribution < 1.29 is 4.74 Å². The van der Waals surface area contributed by atoms with Crippen LogP contribution in [0.2, 0.25) is 10.0 Å². The number of aromatic nitrogens is 2. The molecule has 4 nitrogen and oxygen atoms in total. The van der Waals surface area contributed by atoms with E-state index in [0.717, 1.165) is 10.8 Å². The lowest BCUT2D eigenvalue weighted by atomic mass is 10.1. The van der Waals surface area contributed by atoms with Crippen LogP contribution in [0.1, 0.15) is 0 Å². The van der Waals surface area contributed by atoms with Gasteiger partial charge in [0, 0.05) is 22.8 Å². The Morgan fingerprint density at radius 2 is 1.76 bits per heavy atom. The molecule has 0 aliphatic heterocycles. The summed E-state index contributed by atoms with van der Waals surface area (Å²) >= 11 is 12.3. The monoisotopic (exact) mass is 319 g/mol. The summed E-state index contributed by atoms with van der Waals surface area (Å²) in [5, 5.41) is 5.66. The maximum Gasteiger partial charge on any atom is 0.243 e. The Morgan fingerprint density at radius 1 is 1.00 bits per heavy atom. The van der Waals surface area contributed by atoms with E-state index >= 15 is 0 Å². The molecule has 1 N–H and O–H groups in total. The molecule has 0 amide bonds.